The maximum Gasteiger partial charge on any atom is 0.117 e. The van der Waals surface area contributed by atoms with Crippen LogP contribution in [-0.4, -0.2) is 41.4 Å². The molecular weight excluding hydrogens is 202 g/mol. The third-order valence-electron chi connectivity index (χ3n) is 2.65. The molecule has 84 valence electrons. The van der Waals surface area contributed by atoms with E-state index in [-0.39, 0.29) is 0 Å². The van der Waals surface area contributed by atoms with Gasteiger partial charge < -0.3 is 9.64 Å². The molecule has 0 saturated carbocycles. The number of benzene rings is 1. The molecule has 0 atom stereocenters. The van der Waals surface area contributed by atoms with Gasteiger partial charge in [-0.15, -0.1) is 0 Å². The fraction of sp³-hybridized carbons (Fsp3) is 0.500. The van der Waals surface area contributed by atoms with Crippen LogP contribution in [0.15, 0.2) is 24.3 Å². The molecule has 0 saturated heterocycles. The Morgan fingerprint density at radius 3 is 2.47 bits per heavy atom. The van der Waals surface area contributed by atoms with Crippen LogP contribution in [0.1, 0.15) is 13.8 Å². The Hall–Kier alpha value is -0.803. The topological polar surface area (TPSA) is 12.5 Å². The van der Waals surface area contributed by atoms with Gasteiger partial charge in [-0.3, -0.25) is 0 Å². The van der Waals surface area contributed by atoms with Crippen LogP contribution in [0.2, 0.25) is 0 Å². The highest BCUT2D eigenvalue weighted by atomic mass is 28.1. The van der Waals surface area contributed by atoms with E-state index < -0.39 is 0 Å². The normalized spacial score (nSPS) is 10.9. The van der Waals surface area contributed by atoms with Gasteiger partial charge in [-0.2, -0.15) is 0 Å². The second-order valence-electron chi connectivity index (χ2n) is 3.64. The third-order valence-corrected chi connectivity index (χ3v) is 3.48. The monoisotopic (exact) mass is 223 g/mol. The van der Waals surface area contributed by atoms with Crippen molar-refractivity contribution in [1.82, 2.24) is 4.90 Å². The molecule has 0 aromatic heterocycles. The average Bonchev–Trinajstić information content (AvgIpc) is 2.27. The summed E-state index contributed by atoms with van der Waals surface area (Å²) in [7, 11) is 1.05. The number of hydrogen-bond acceptors (Lipinski definition) is 2. The number of ether oxygens (including phenoxy) is 1. The lowest BCUT2D eigenvalue weighted by atomic mass is 10.3. The molecule has 0 radical (unpaired) electrons. The van der Waals surface area contributed by atoms with Crippen molar-refractivity contribution < 1.29 is 4.74 Å². The van der Waals surface area contributed by atoms with Crippen molar-refractivity contribution in [2.45, 2.75) is 13.8 Å². The van der Waals surface area contributed by atoms with Crippen LogP contribution in [-0.2, 0) is 0 Å². The highest BCUT2D eigenvalue weighted by molar-refractivity contribution is 6.34. The quantitative estimate of drug-likeness (QED) is 0.647. The van der Waals surface area contributed by atoms with Crippen LogP contribution in [0.5, 0.6) is 5.75 Å². The molecule has 0 amide bonds. The lowest BCUT2D eigenvalue weighted by Gasteiger charge is -2.18. The second kappa shape index (κ2) is 6.64. The van der Waals surface area contributed by atoms with Crippen molar-refractivity contribution in [1.29, 1.82) is 0 Å². The average molecular weight is 223 g/mol. The summed E-state index contributed by atoms with van der Waals surface area (Å²) in [5.74, 6) is 1.07. The number of nitrogens with zero attached hydrogens (tertiary/aromatic N) is 1. The zero-order valence-electron chi connectivity index (χ0n) is 9.99. The minimum absolute atomic E-state index is 0.793. The molecule has 0 spiro atoms. The third kappa shape index (κ3) is 4.06. The van der Waals surface area contributed by atoms with Crippen LogP contribution in [0.25, 0.3) is 0 Å². The minimum atomic E-state index is 0.793. The maximum absolute atomic E-state index is 5.76. The predicted molar refractivity (Wildman–Crippen MR) is 69.3 cm³/mol. The molecule has 0 unspecified atom stereocenters. The fourth-order valence-corrected chi connectivity index (χ4v) is 2.05. The van der Waals surface area contributed by atoms with Gasteiger partial charge in [0.2, 0.25) is 0 Å². The summed E-state index contributed by atoms with van der Waals surface area (Å²) in [5, 5.41) is 1.34. The first-order valence-electron chi connectivity index (χ1n) is 5.68. The fourth-order valence-electron chi connectivity index (χ4n) is 1.54. The summed E-state index contributed by atoms with van der Waals surface area (Å²) in [6.07, 6.45) is 0. The maximum atomic E-state index is 5.76. The molecule has 0 aliphatic rings. The van der Waals surface area contributed by atoms with E-state index in [1.165, 1.54) is 5.19 Å². The zero-order chi connectivity index (χ0) is 11.1. The molecule has 1 aromatic rings. The van der Waals surface area contributed by atoms with E-state index in [1.54, 1.807) is 0 Å². The van der Waals surface area contributed by atoms with E-state index in [0.29, 0.717) is 0 Å². The Kier molecular flexibility index (Phi) is 5.43. The number of para-hydroxylation sites is 1. The largest absolute Gasteiger partial charge is 0.492 e. The van der Waals surface area contributed by atoms with Gasteiger partial charge in [0.15, 0.2) is 0 Å². The lowest BCUT2D eigenvalue weighted by Crippen LogP contribution is -2.28. The first-order valence-corrected chi connectivity index (χ1v) is 6.68. The van der Waals surface area contributed by atoms with E-state index in [4.69, 9.17) is 4.74 Å². The molecule has 1 rings (SSSR count). The molecule has 0 fully saturated rings. The number of hydrogen-bond donors (Lipinski definition) is 0. The smallest absolute Gasteiger partial charge is 0.117 e. The molecule has 0 N–H and O–H groups in total. The Morgan fingerprint density at radius 2 is 1.87 bits per heavy atom. The van der Waals surface area contributed by atoms with Crippen LogP contribution in [0, 0.1) is 0 Å². The molecule has 0 bridgehead atoms. The summed E-state index contributed by atoms with van der Waals surface area (Å²) in [6, 6.07) is 8.30. The van der Waals surface area contributed by atoms with Crippen LogP contribution < -0.4 is 9.92 Å². The molecule has 0 heterocycles. The molecule has 3 heteroatoms. The van der Waals surface area contributed by atoms with Crippen molar-refractivity contribution in [3.8, 4) is 5.75 Å². The molecule has 1 aromatic carbocycles. The number of likely N-dealkylation sites (N-methyl/N-ethyl adjacent to an activating group) is 1. The van der Waals surface area contributed by atoms with E-state index in [1.807, 2.05) is 6.07 Å². The molecular formula is C12H21NOSi. The molecule has 0 aliphatic carbocycles. The minimum Gasteiger partial charge on any atom is -0.492 e. The Labute approximate surface area is 95.7 Å². The van der Waals surface area contributed by atoms with Gasteiger partial charge in [-0.1, -0.05) is 32.0 Å². The van der Waals surface area contributed by atoms with Gasteiger partial charge in [-0.25, -0.2) is 0 Å². The molecule has 0 aliphatic heterocycles. The Morgan fingerprint density at radius 1 is 1.20 bits per heavy atom. The number of rotatable bonds is 6. The van der Waals surface area contributed by atoms with Crippen LogP contribution in [0.4, 0.5) is 0 Å². The summed E-state index contributed by atoms with van der Waals surface area (Å²) < 4.78 is 5.76. The highest BCUT2D eigenvalue weighted by Gasteiger charge is 2.00. The van der Waals surface area contributed by atoms with Crippen molar-refractivity contribution in [2.75, 3.05) is 26.2 Å². The van der Waals surface area contributed by atoms with Gasteiger partial charge in [-0.05, 0) is 24.3 Å². The summed E-state index contributed by atoms with van der Waals surface area (Å²) in [5.41, 5.74) is 0. The SMILES string of the molecule is CCN(CC)CCOc1ccccc1[SiH3]. The van der Waals surface area contributed by atoms with Crippen molar-refractivity contribution in [3.63, 3.8) is 0 Å². The van der Waals surface area contributed by atoms with E-state index in [2.05, 4.69) is 36.9 Å². The highest BCUT2D eigenvalue weighted by Crippen LogP contribution is 2.04. The van der Waals surface area contributed by atoms with Gasteiger partial charge in [0.05, 0.1) is 0 Å². The van der Waals surface area contributed by atoms with E-state index in [0.717, 1.165) is 42.2 Å². The summed E-state index contributed by atoms with van der Waals surface area (Å²) in [6.45, 7) is 8.38. The zero-order valence-corrected chi connectivity index (χ0v) is 12.0. The first-order chi connectivity index (χ1) is 7.27. The van der Waals surface area contributed by atoms with Crippen molar-refractivity contribution >= 4 is 15.4 Å². The standard InChI is InChI=1S/C12H21NOSi/c1-3-13(4-2)9-10-14-11-7-5-6-8-12(11)15/h5-8H,3-4,9-10H2,1-2,15H3. The van der Waals surface area contributed by atoms with Gasteiger partial charge >= 0.3 is 0 Å². The predicted octanol–water partition coefficient (Wildman–Crippen LogP) is 0.398. The summed E-state index contributed by atoms with van der Waals surface area (Å²) >= 11 is 0. The van der Waals surface area contributed by atoms with Gasteiger partial charge in [0.1, 0.15) is 12.4 Å². The molecule has 2 nitrogen and oxygen atoms in total. The van der Waals surface area contributed by atoms with Crippen LogP contribution >= 0.6 is 0 Å². The second-order valence-corrected chi connectivity index (χ2v) is 4.72. The Balaban J connectivity index is 2.34. The Bertz CT molecular complexity index is 287. The summed E-state index contributed by atoms with van der Waals surface area (Å²) in [4.78, 5) is 2.37. The first kappa shape index (κ1) is 12.3. The molecule has 15 heavy (non-hydrogen) atoms. The lowest BCUT2D eigenvalue weighted by molar-refractivity contribution is 0.224. The van der Waals surface area contributed by atoms with Crippen molar-refractivity contribution in [3.05, 3.63) is 24.3 Å². The van der Waals surface area contributed by atoms with E-state index in [9.17, 15) is 0 Å². The van der Waals surface area contributed by atoms with Gasteiger partial charge in [0, 0.05) is 16.8 Å². The van der Waals surface area contributed by atoms with Gasteiger partial charge in [0.25, 0.3) is 0 Å². The van der Waals surface area contributed by atoms with Crippen LogP contribution in [0.3, 0.4) is 0 Å². The van der Waals surface area contributed by atoms with Crippen molar-refractivity contribution in [2.24, 2.45) is 0 Å². The van der Waals surface area contributed by atoms with E-state index >= 15 is 0 Å².